The molecular weight excluding hydrogens is 396 g/mol. The van der Waals surface area contributed by atoms with Gasteiger partial charge in [0.1, 0.15) is 11.3 Å². The number of benzene rings is 1. The first-order valence-electron chi connectivity index (χ1n) is 9.26. The minimum atomic E-state index is -3.62. The van der Waals surface area contributed by atoms with Gasteiger partial charge in [0.25, 0.3) is 5.91 Å². The van der Waals surface area contributed by atoms with Gasteiger partial charge >= 0.3 is 5.97 Å². The Hall–Kier alpha value is -2.65. The second-order valence-electron chi connectivity index (χ2n) is 7.02. The Balaban J connectivity index is 1.57. The summed E-state index contributed by atoms with van der Waals surface area (Å²) in [7, 11) is -3.62. The lowest BCUT2D eigenvalue weighted by atomic mass is 10.2. The van der Waals surface area contributed by atoms with Crippen LogP contribution in [0.2, 0.25) is 0 Å². The van der Waals surface area contributed by atoms with Crippen LogP contribution in [0.3, 0.4) is 0 Å². The van der Waals surface area contributed by atoms with Gasteiger partial charge in [0, 0.05) is 26.2 Å². The summed E-state index contributed by atoms with van der Waals surface area (Å²) in [4.78, 5) is 26.1. The molecule has 0 N–H and O–H groups in total. The smallest absolute Gasteiger partial charge is 0.342 e. The van der Waals surface area contributed by atoms with Gasteiger partial charge in [0.15, 0.2) is 6.61 Å². The third kappa shape index (κ3) is 4.51. The van der Waals surface area contributed by atoms with Crippen LogP contribution in [-0.4, -0.2) is 62.3 Å². The molecule has 2 aromatic rings. The van der Waals surface area contributed by atoms with Crippen LogP contribution in [0.15, 0.2) is 39.8 Å². The lowest BCUT2D eigenvalue weighted by molar-refractivity contribution is -0.135. The first-order chi connectivity index (χ1) is 13.7. The first-order valence-corrected chi connectivity index (χ1v) is 10.7. The summed E-state index contributed by atoms with van der Waals surface area (Å²) in [6.07, 6.45) is 1.38. The summed E-state index contributed by atoms with van der Waals surface area (Å²) in [5.74, 6) is -0.559. The Bertz CT molecular complexity index is 1020. The zero-order valence-corrected chi connectivity index (χ0v) is 17.5. The van der Waals surface area contributed by atoms with Crippen LogP contribution in [0, 0.1) is 20.8 Å². The van der Waals surface area contributed by atoms with E-state index in [1.54, 1.807) is 26.0 Å². The Morgan fingerprint density at radius 1 is 1.07 bits per heavy atom. The molecule has 9 heteroatoms. The summed E-state index contributed by atoms with van der Waals surface area (Å²) in [5.41, 5.74) is 1.84. The number of aryl methyl sites for hydroxylation is 3. The molecule has 8 nitrogen and oxygen atoms in total. The fourth-order valence-corrected chi connectivity index (χ4v) is 4.93. The number of esters is 1. The maximum Gasteiger partial charge on any atom is 0.342 e. The van der Waals surface area contributed by atoms with Crippen LogP contribution in [0.4, 0.5) is 0 Å². The van der Waals surface area contributed by atoms with Crippen molar-refractivity contribution in [1.82, 2.24) is 9.21 Å². The van der Waals surface area contributed by atoms with Gasteiger partial charge in [-0.1, -0.05) is 12.1 Å². The molecule has 0 saturated carbocycles. The van der Waals surface area contributed by atoms with E-state index in [1.807, 2.05) is 13.0 Å². The number of rotatable bonds is 5. The van der Waals surface area contributed by atoms with E-state index >= 15 is 0 Å². The predicted octanol–water partition coefficient (Wildman–Crippen LogP) is 1.89. The first kappa shape index (κ1) is 21.1. The summed E-state index contributed by atoms with van der Waals surface area (Å²) in [6, 6.07) is 6.81. The molecule has 1 aromatic carbocycles. The average Bonchev–Trinajstić information content (AvgIpc) is 3.13. The molecular formula is C20H24N2O6S. The second-order valence-corrected chi connectivity index (χ2v) is 8.93. The normalized spacial score (nSPS) is 15.3. The van der Waals surface area contributed by atoms with Crippen molar-refractivity contribution in [1.29, 1.82) is 0 Å². The fourth-order valence-electron chi connectivity index (χ4n) is 3.20. The van der Waals surface area contributed by atoms with Crippen LogP contribution in [0.25, 0.3) is 0 Å². The van der Waals surface area contributed by atoms with E-state index in [9.17, 15) is 18.0 Å². The zero-order chi connectivity index (χ0) is 21.2. The fraction of sp³-hybridized carbons (Fsp3) is 0.400. The summed E-state index contributed by atoms with van der Waals surface area (Å²) in [5, 5.41) is 0. The van der Waals surface area contributed by atoms with Crippen LogP contribution >= 0.6 is 0 Å². The molecule has 1 aliphatic heterocycles. The number of piperazine rings is 1. The number of amides is 1. The van der Waals surface area contributed by atoms with Gasteiger partial charge in [-0.15, -0.1) is 0 Å². The highest BCUT2D eigenvalue weighted by molar-refractivity contribution is 7.89. The van der Waals surface area contributed by atoms with E-state index < -0.39 is 22.6 Å². The molecule has 29 heavy (non-hydrogen) atoms. The van der Waals surface area contributed by atoms with Gasteiger partial charge in [0.05, 0.1) is 11.2 Å². The highest BCUT2D eigenvalue weighted by Crippen LogP contribution is 2.22. The Kier molecular flexibility index (Phi) is 6.09. The van der Waals surface area contributed by atoms with Gasteiger partial charge in [-0.25, -0.2) is 13.2 Å². The highest BCUT2D eigenvalue weighted by Gasteiger charge is 2.31. The molecule has 1 saturated heterocycles. The number of hydrogen-bond acceptors (Lipinski definition) is 6. The Morgan fingerprint density at radius 3 is 2.38 bits per heavy atom. The number of carbonyl (C=O) groups is 2. The van der Waals surface area contributed by atoms with Crippen molar-refractivity contribution in [3.63, 3.8) is 0 Å². The molecule has 156 valence electrons. The SMILES string of the molecule is Cc1ccc(C)c(S(=O)(=O)N2CCN(C(=O)COC(=O)c3ccoc3C)CC2)c1. The van der Waals surface area contributed by atoms with Gasteiger partial charge < -0.3 is 14.1 Å². The number of sulfonamides is 1. The summed E-state index contributed by atoms with van der Waals surface area (Å²) in [6.45, 7) is 5.72. The van der Waals surface area contributed by atoms with Crippen LogP contribution in [-0.2, 0) is 19.6 Å². The second kappa shape index (κ2) is 8.38. The third-order valence-electron chi connectivity index (χ3n) is 4.96. The number of hydrogen-bond donors (Lipinski definition) is 0. The van der Waals surface area contributed by atoms with Crippen molar-refractivity contribution in [2.75, 3.05) is 32.8 Å². The van der Waals surface area contributed by atoms with Crippen molar-refractivity contribution in [2.45, 2.75) is 25.7 Å². The number of nitrogens with zero attached hydrogens (tertiary/aromatic N) is 2. The maximum atomic E-state index is 13.0. The van der Waals surface area contributed by atoms with E-state index in [4.69, 9.17) is 9.15 Å². The predicted molar refractivity (Wildman–Crippen MR) is 105 cm³/mol. The lowest BCUT2D eigenvalue weighted by Gasteiger charge is -2.34. The molecule has 1 fully saturated rings. The molecule has 0 unspecified atom stereocenters. The van der Waals surface area contributed by atoms with Crippen LogP contribution < -0.4 is 0 Å². The standard InChI is InChI=1S/C20H24N2O6S/c1-14-4-5-15(2)18(12-14)29(25,26)22-9-7-21(8-10-22)19(23)13-28-20(24)17-6-11-27-16(17)3/h4-6,11-12H,7-10,13H2,1-3H3. The monoisotopic (exact) mass is 420 g/mol. The molecule has 0 bridgehead atoms. The van der Waals surface area contributed by atoms with Gasteiger partial charge in [-0.2, -0.15) is 4.31 Å². The van der Waals surface area contributed by atoms with E-state index in [-0.39, 0.29) is 37.6 Å². The van der Waals surface area contributed by atoms with Crippen molar-refractivity contribution in [3.05, 3.63) is 53.0 Å². The van der Waals surface area contributed by atoms with E-state index in [2.05, 4.69) is 0 Å². The molecule has 0 aliphatic carbocycles. The average molecular weight is 420 g/mol. The molecule has 1 amide bonds. The van der Waals surface area contributed by atoms with Crippen molar-refractivity contribution in [2.24, 2.45) is 0 Å². The molecule has 3 rings (SSSR count). The molecule has 0 spiro atoms. The molecule has 1 aliphatic rings. The van der Waals surface area contributed by atoms with Crippen molar-refractivity contribution in [3.8, 4) is 0 Å². The van der Waals surface area contributed by atoms with E-state index in [0.29, 0.717) is 16.2 Å². The number of carbonyl (C=O) groups excluding carboxylic acids is 2. The topological polar surface area (TPSA) is 97.1 Å². The van der Waals surface area contributed by atoms with Crippen LogP contribution in [0.1, 0.15) is 27.2 Å². The molecule has 2 heterocycles. The summed E-state index contributed by atoms with van der Waals surface area (Å²) >= 11 is 0. The minimum absolute atomic E-state index is 0.191. The largest absolute Gasteiger partial charge is 0.469 e. The Morgan fingerprint density at radius 2 is 1.76 bits per heavy atom. The van der Waals surface area contributed by atoms with Gasteiger partial charge in [-0.3, -0.25) is 4.79 Å². The molecule has 1 aromatic heterocycles. The Labute approximate surface area is 170 Å². The lowest BCUT2D eigenvalue weighted by Crippen LogP contribution is -2.51. The maximum absolute atomic E-state index is 13.0. The van der Waals surface area contributed by atoms with Crippen molar-refractivity contribution < 1.29 is 27.2 Å². The molecule has 0 atom stereocenters. The van der Waals surface area contributed by atoms with Gasteiger partial charge in [0.2, 0.25) is 10.0 Å². The highest BCUT2D eigenvalue weighted by atomic mass is 32.2. The zero-order valence-electron chi connectivity index (χ0n) is 16.7. The van der Waals surface area contributed by atoms with Crippen molar-refractivity contribution >= 4 is 21.9 Å². The van der Waals surface area contributed by atoms with Crippen LogP contribution in [0.5, 0.6) is 0 Å². The number of furan rings is 1. The minimum Gasteiger partial charge on any atom is -0.469 e. The number of ether oxygens (including phenoxy) is 1. The van der Waals surface area contributed by atoms with E-state index in [1.165, 1.54) is 21.5 Å². The third-order valence-corrected chi connectivity index (χ3v) is 7.00. The van der Waals surface area contributed by atoms with Gasteiger partial charge in [-0.05, 0) is 44.0 Å². The van der Waals surface area contributed by atoms with E-state index in [0.717, 1.165) is 5.56 Å². The summed E-state index contributed by atoms with van der Waals surface area (Å²) < 4.78 is 37.4. The molecule has 0 radical (unpaired) electrons. The quantitative estimate of drug-likeness (QED) is 0.686.